The van der Waals surface area contributed by atoms with Gasteiger partial charge in [-0.1, -0.05) is 79.2 Å². The van der Waals surface area contributed by atoms with Crippen molar-refractivity contribution >= 4 is 12.1 Å². The molecule has 0 bridgehead atoms. The van der Waals surface area contributed by atoms with Crippen molar-refractivity contribution in [3.8, 4) is 11.5 Å². The Morgan fingerprint density at radius 3 is 1.62 bits per heavy atom. The zero-order valence-electron chi connectivity index (χ0n) is 22.4. The zero-order valence-corrected chi connectivity index (χ0v) is 22.4. The molecule has 34 heavy (non-hydrogen) atoms. The fraction of sp³-hybridized carbons (Fsp3) is 0.517. The minimum atomic E-state index is -0.472. The predicted octanol–water partition coefficient (Wildman–Crippen LogP) is 7.29. The lowest BCUT2D eigenvalue weighted by atomic mass is 9.80. The summed E-state index contributed by atoms with van der Waals surface area (Å²) in [4.78, 5) is 27.8. The number of ether oxygens (including phenoxy) is 2. The van der Waals surface area contributed by atoms with E-state index in [4.69, 9.17) is 9.47 Å². The molecule has 0 atom stereocenters. The Hall–Kier alpha value is -2.82. The minimum absolute atomic E-state index is 0.308. The molecular weight excluding hydrogens is 426 g/mol. The molecule has 0 unspecified atom stereocenters. The van der Waals surface area contributed by atoms with Gasteiger partial charge in [-0.2, -0.15) is 0 Å². The van der Waals surface area contributed by atoms with E-state index in [1.54, 1.807) is 17.0 Å². The van der Waals surface area contributed by atoms with Crippen molar-refractivity contribution in [1.82, 2.24) is 4.90 Å². The van der Waals surface area contributed by atoms with Crippen molar-refractivity contribution in [1.29, 1.82) is 0 Å². The number of nitrogens with zero attached hydrogens (tertiary/aromatic N) is 1. The predicted molar refractivity (Wildman–Crippen MR) is 138 cm³/mol. The van der Waals surface area contributed by atoms with E-state index in [9.17, 15) is 9.59 Å². The standard InChI is InChI=1S/C29H41NO4/c1-10-13-20-14-16-21(17-15-20)26(31)33-24-22(28(4,5)6)18-19-23(29(7,8)9)25(24)34-27(32)30(11-2)12-3/h14-19H,10-13H2,1-9H3. The average Bonchev–Trinajstić information content (AvgIpc) is 2.74. The highest BCUT2D eigenvalue weighted by Gasteiger charge is 2.32. The molecule has 0 aliphatic rings. The van der Waals surface area contributed by atoms with Gasteiger partial charge in [0.1, 0.15) is 0 Å². The second kappa shape index (κ2) is 11.1. The van der Waals surface area contributed by atoms with Crippen molar-refractivity contribution < 1.29 is 19.1 Å². The van der Waals surface area contributed by atoms with Crippen LogP contribution in [0.4, 0.5) is 4.79 Å². The summed E-state index contributed by atoms with van der Waals surface area (Å²) < 4.78 is 12.0. The van der Waals surface area contributed by atoms with Crippen LogP contribution in [0.2, 0.25) is 0 Å². The molecule has 5 nitrogen and oxygen atoms in total. The van der Waals surface area contributed by atoms with Crippen molar-refractivity contribution in [3.05, 3.63) is 58.7 Å². The van der Waals surface area contributed by atoms with E-state index >= 15 is 0 Å². The van der Waals surface area contributed by atoms with Crippen molar-refractivity contribution in [3.63, 3.8) is 0 Å². The van der Waals surface area contributed by atoms with Crippen LogP contribution >= 0.6 is 0 Å². The van der Waals surface area contributed by atoms with Crippen LogP contribution in [0.25, 0.3) is 0 Å². The third-order valence-corrected chi connectivity index (χ3v) is 5.86. The third-order valence-electron chi connectivity index (χ3n) is 5.86. The molecule has 0 aliphatic carbocycles. The molecule has 0 aliphatic heterocycles. The van der Waals surface area contributed by atoms with Gasteiger partial charge in [0.15, 0.2) is 11.5 Å². The van der Waals surface area contributed by atoms with E-state index in [2.05, 4.69) is 6.92 Å². The summed E-state index contributed by atoms with van der Waals surface area (Å²) in [7, 11) is 0. The fourth-order valence-electron chi connectivity index (χ4n) is 3.83. The Bertz CT molecular complexity index is 991. The van der Waals surface area contributed by atoms with Crippen molar-refractivity contribution in [2.45, 2.75) is 86.0 Å². The lowest BCUT2D eigenvalue weighted by molar-refractivity contribution is 0.0723. The van der Waals surface area contributed by atoms with Gasteiger partial charge in [-0.15, -0.1) is 0 Å². The molecule has 0 radical (unpaired) electrons. The maximum atomic E-state index is 13.2. The van der Waals surface area contributed by atoms with Gasteiger partial charge in [0, 0.05) is 24.2 Å². The molecule has 2 aromatic carbocycles. The molecule has 0 N–H and O–H groups in total. The highest BCUT2D eigenvalue weighted by atomic mass is 16.6. The van der Waals surface area contributed by atoms with Crippen LogP contribution in [-0.4, -0.2) is 30.1 Å². The van der Waals surface area contributed by atoms with E-state index in [0.717, 1.165) is 24.0 Å². The largest absolute Gasteiger partial charge is 0.419 e. The molecule has 0 heterocycles. The molecule has 0 spiro atoms. The van der Waals surface area contributed by atoms with E-state index in [1.165, 1.54) is 5.56 Å². The first-order valence-corrected chi connectivity index (χ1v) is 12.3. The van der Waals surface area contributed by atoms with Crippen LogP contribution in [0.3, 0.4) is 0 Å². The number of esters is 1. The van der Waals surface area contributed by atoms with Gasteiger partial charge in [-0.25, -0.2) is 9.59 Å². The molecule has 0 fully saturated rings. The first-order valence-electron chi connectivity index (χ1n) is 12.3. The summed E-state index contributed by atoms with van der Waals surface area (Å²) in [6, 6.07) is 11.4. The Morgan fingerprint density at radius 1 is 0.735 bits per heavy atom. The molecule has 0 saturated heterocycles. The lowest BCUT2D eigenvalue weighted by Gasteiger charge is -2.30. The van der Waals surface area contributed by atoms with Crippen LogP contribution in [0.1, 0.15) is 95.8 Å². The molecule has 2 aromatic rings. The van der Waals surface area contributed by atoms with Gasteiger partial charge in [-0.05, 0) is 48.8 Å². The van der Waals surface area contributed by atoms with Gasteiger partial charge >= 0.3 is 12.1 Å². The fourth-order valence-corrected chi connectivity index (χ4v) is 3.83. The summed E-state index contributed by atoms with van der Waals surface area (Å²) in [6.07, 6.45) is 1.55. The third kappa shape index (κ3) is 6.62. The number of rotatable bonds is 7. The van der Waals surface area contributed by atoms with Crippen LogP contribution in [0, 0.1) is 0 Å². The first kappa shape index (κ1) is 27.4. The van der Waals surface area contributed by atoms with E-state index in [0.29, 0.717) is 30.2 Å². The molecule has 186 valence electrons. The highest BCUT2D eigenvalue weighted by Crippen LogP contribution is 2.45. The van der Waals surface area contributed by atoms with Gasteiger partial charge in [0.25, 0.3) is 0 Å². The monoisotopic (exact) mass is 467 g/mol. The Morgan fingerprint density at radius 2 is 1.21 bits per heavy atom. The lowest BCUT2D eigenvalue weighted by Crippen LogP contribution is -2.34. The summed E-state index contributed by atoms with van der Waals surface area (Å²) in [5.41, 5.74) is 2.58. The summed E-state index contributed by atoms with van der Waals surface area (Å²) in [6.45, 7) is 19.3. The van der Waals surface area contributed by atoms with E-state index in [-0.39, 0.29) is 10.8 Å². The van der Waals surface area contributed by atoms with Crippen LogP contribution in [0.5, 0.6) is 11.5 Å². The Balaban J connectivity index is 2.63. The van der Waals surface area contributed by atoms with Crippen molar-refractivity contribution in [2.75, 3.05) is 13.1 Å². The summed E-state index contributed by atoms with van der Waals surface area (Å²) in [5.74, 6) is 0.149. The van der Waals surface area contributed by atoms with Crippen LogP contribution in [0.15, 0.2) is 36.4 Å². The minimum Gasteiger partial charge on any atom is -0.419 e. The molecular formula is C29H41NO4. The normalized spacial score (nSPS) is 11.8. The molecule has 0 aromatic heterocycles. The summed E-state index contributed by atoms with van der Waals surface area (Å²) in [5, 5.41) is 0. The number of carbonyl (C=O) groups is 2. The maximum absolute atomic E-state index is 13.2. The van der Waals surface area contributed by atoms with Crippen molar-refractivity contribution in [2.24, 2.45) is 0 Å². The van der Waals surface area contributed by atoms with Gasteiger partial charge in [0.2, 0.25) is 0 Å². The molecule has 1 amide bonds. The highest BCUT2D eigenvalue weighted by molar-refractivity contribution is 5.92. The second-order valence-electron chi connectivity index (χ2n) is 10.7. The molecule has 0 saturated carbocycles. The van der Waals surface area contributed by atoms with Gasteiger partial charge in [-0.3, -0.25) is 0 Å². The number of benzene rings is 2. The first-order chi connectivity index (χ1) is 15.8. The second-order valence-corrected chi connectivity index (χ2v) is 10.7. The van der Waals surface area contributed by atoms with E-state index < -0.39 is 12.1 Å². The maximum Gasteiger partial charge on any atom is 0.415 e. The number of hydrogen-bond donors (Lipinski definition) is 0. The number of carbonyl (C=O) groups excluding carboxylic acids is 2. The molecule has 2 rings (SSSR count). The SMILES string of the molecule is CCCc1ccc(C(=O)Oc2c(C(C)(C)C)ccc(C(C)(C)C)c2OC(=O)N(CC)CC)cc1. The molecule has 5 heteroatoms. The van der Waals surface area contributed by atoms with Crippen LogP contribution in [-0.2, 0) is 17.3 Å². The van der Waals surface area contributed by atoms with Gasteiger partial charge in [0.05, 0.1) is 5.56 Å². The number of amides is 1. The Kier molecular flexibility index (Phi) is 8.93. The average molecular weight is 468 g/mol. The Labute approximate surface area is 205 Å². The topological polar surface area (TPSA) is 55.8 Å². The van der Waals surface area contributed by atoms with E-state index in [1.807, 2.05) is 79.7 Å². The quantitative estimate of drug-likeness (QED) is 0.317. The van der Waals surface area contributed by atoms with Crippen LogP contribution < -0.4 is 9.47 Å². The number of aryl methyl sites for hydroxylation is 1. The zero-order chi connectivity index (χ0) is 25.7. The summed E-state index contributed by atoms with van der Waals surface area (Å²) >= 11 is 0. The van der Waals surface area contributed by atoms with Gasteiger partial charge < -0.3 is 14.4 Å². The number of hydrogen-bond acceptors (Lipinski definition) is 4. The smallest absolute Gasteiger partial charge is 0.415 e.